The molecule has 1 heterocycles. The maximum Gasteiger partial charge on any atom is 0.338 e. The van der Waals surface area contributed by atoms with Crippen LogP contribution >= 0.6 is 11.6 Å². The second-order valence-corrected chi connectivity index (χ2v) is 6.61. The average molecular weight is 400 g/mol. The van der Waals surface area contributed by atoms with E-state index < -0.39 is 23.2 Å². The SMILES string of the molecule is CCOC(=O)[C@@]1(C)/C(=N\Nc2ccc(Cl)cc2)C(=O)C(=O)N1c1ccccc1. The summed E-state index contributed by atoms with van der Waals surface area (Å²) in [6.07, 6.45) is 0. The van der Waals surface area contributed by atoms with Gasteiger partial charge in [-0.3, -0.25) is 19.9 Å². The summed E-state index contributed by atoms with van der Waals surface area (Å²) >= 11 is 5.86. The number of ether oxygens (including phenoxy) is 1. The van der Waals surface area contributed by atoms with E-state index in [2.05, 4.69) is 10.5 Å². The van der Waals surface area contributed by atoms with Gasteiger partial charge in [0.1, 0.15) is 0 Å². The second-order valence-electron chi connectivity index (χ2n) is 6.18. The van der Waals surface area contributed by atoms with Crippen molar-refractivity contribution in [2.45, 2.75) is 19.4 Å². The standard InChI is InChI=1S/C20H18ClN3O4/c1-3-28-19(27)20(2)17(23-22-14-11-9-13(21)10-12-14)16(25)18(26)24(20)15-7-5-4-6-8-15/h4-12,22H,3H2,1-2H3/b23-17-/t20-/m1/s1. The van der Waals surface area contributed by atoms with Crippen molar-refractivity contribution in [3.8, 4) is 0 Å². The first kappa shape index (κ1) is 19.6. The topological polar surface area (TPSA) is 88.1 Å². The number of hydrogen-bond donors (Lipinski definition) is 1. The van der Waals surface area contributed by atoms with E-state index in [0.717, 1.165) is 4.90 Å². The van der Waals surface area contributed by atoms with E-state index >= 15 is 0 Å². The van der Waals surface area contributed by atoms with E-state index in [1.807, 2.05) is 0 Å². The third kappa shape index (κ3) is 3.36. The summed E-state index contributed by atoms with van der Waals surface area (Å²) in [5.41, 5.74) is 1.71. The van der Waals surface area contributed by atoms with Crippen molar-refractivity contribution in [1.29, 1.82) is 0 Å². The summed E-state index contributed by atoms with van der Waals surface area (Å²) in [4.78, 5) is 39.4. The number of hydrazone groups is 1. The maximum atomic E-state index is 12.8. The van der Waals surface area contributed by atoms with Crippen molar-refractivity contribution in [2.75, 3.05) is 16.9 Å². The molecule has 7 nitrogen and oxygen atoms in total. The van der Waals surface area contributed by atoms with Crippen LogP contribution in [0.1, 0.15) is 13.8 Å². The summed E-state index contributed by atoms with van der Waals surface area (Å²) < 4.78 is 5.16. The number of carbonyl (C=O) groups is 3. The van der Waals surface area contributed by atoms with Crippen molar-refractivity contribution >= 4 is 46.3 Å². The number of anilines is 2. The predicted molar refractivity (Wildman–Crippen MR) is 106 cm³/mol. The van der Waals surface area contributed by atoms with Gasteiger partial charge in [-0.05, 0) is 50.2 Å². The van der Waals surface area contributed by atoms with Gasteiger partial charge in [-0.15, -0.1) is 0 Å². The first-order chi connectivity index (χ1) is 13.4. The molecule has 1 N–H and O–H groups in total. The fourth-order valence-corrected chi connectivity index (χ4v) is 3.08. The Morgan fingerprint density at radius 1 is 1.14 bits per heavy atom. The Morgan fingerprint density at radius 3 is 2.39 bits per heavy atom. The summed E-state index contributed by atoms with van der Waals surface area (Å²) in [7, 11) is 0. The Hall–Kier alpha value is -3.19. The molecule has 8 heteroatoms. The van der Waals surface area contributed by atoms with Gasteiger partial charge in [0.05, 0.1) is 12.3 Å². The number of ketones is 1. The highest BCUT2D eigenvalue weighted by molar-refractivity contribution is 6.75. The fourth-order valence-electron chi connectivity index (χ4n) is 2.95. The second kappa shape index (κ2) is 7.82. The summed E-state index contributed by atoms with van der Waals surface area (Å²) in [5.74, 6) is -2.46. The van der Waals surface area contributed by atoms with E-state index in [1.54, 1.807) is 61.5 Å². The quantitative estimate of drug-likeness (QED) is 0.474. The number of Topliss-reactive ketones (excluding diaryl/α,β-unsaturated/α-hetero) is 1. The molecule has 0 aromatic heterocycles. The van der Waals surface area contributed by atoms with E-state index in [0.29, 0.717) is 16.4 Å². The number of nitrogens with one attached hydrogen (secondary N) is 1. The van der Waals surface area contributed by atoms with E-state index in [9.17, 15) is 14.4 Å². The van der Waals surface area contributed by atoms with Gasteiger partial charge >= 0.3 is 11.9 Å². The molecule has 1 aliphatic rings. The van der Waals surface area contributed by atoms with Gasteiger partial charge in [0.2, 0.25) is 0 Å². The molecule has 0 radical (unpaired) electrons. The van der Waals surface area contributed by atoms with E-state index in [1.165, 1.54) is 6.92 Å². The molecular weight excluding hydrogens is 382 g/mol. The molecular formula is C20H18ClN3O4. The number of nitrogens with zero attached hydrogens (tertiary/aromatic N) is 2. The lowest BCUT2D eigenvalue weighted by Crippen LogP contribution is -2.55. The minimum atomic E-state index is -1.70. The van der Waals surface area contributed by atoms with Crippen molar-refractivity contribution in [3.05, 3.63) is 59.6 Å². The number of esters is 1. The Kier molecular flexibility index (Phi) is 5.46. The Morgan fingerprint density at radius 2 is 1.79 bits per heavy atom. The lowest BCUT2D eigenvalue weighted by atomic mass is 9.95. The van der Waals surface area contributed by atoms with Crippen LogP contribution in [0.5, 0.6) is 0 Å². The predicted octanol–water partition coefficient (Wildman–Crippen LogP) is 3.05. The largest absolute Gasteiger partial charge is 0.464 e. The van der Waals surface area contributed by atoms with Crippen molar-refractivity contribution in [2.24, 2.45) is 5.10 Å². The Balaban J connectivity index is 2.07. The molecule has 0 spiro atoms. The molecule has 1 saturated heterocycles. The molecule has 1 aliphatic heterocycles. The summed E-state index contributed by atoms with van der Waals surface area (Å²) in [5, 5.41) is 4.64. The third-order valence-corrected chi connectivity index (χ3v) is 4.60. The molecule has 28 heavy (non-hydrogen) atoms. The molecule has 3 rings (SSSR count). The minimum absolute atomic E-state index is 0.0946. The number of carbonyl (C=O) groups excluding carboxylic acids is 3. The van der Waals surface area contributed by atoms with E-state index in [-0.39, 0.29) is 12.3 Å². The van der Waals surface area contributed by atoms with Gasteiger partial charge in [0, 0.05) is 10.7 Å². The van der Waals surface area contributed by atoms with Crippen molar-refractivity contribution in [1.82, 2.24) is 0 Å². The highest BCUT2D eigenvalue weighted by atomic mass is 35.5. The normalized spacial score (nSPS) is 20.5. The fraction of sp³-hybridized carbons (Fsp3) is 0.200. The molecule has 144 valence electrons. The number of para-hydroxylation sites is 1. The average Bonchev–Trinajstić information content (AvgIpc) is 2.89. The van der Waals surface area contributed by atoms with Crippen molar-refractivity contribution in [3.63, 3.8) is 0 Å². The molecule has 0 bridgehead atoms. The third-order valence-electron chi connectivity index (χ3n) is 4.35. The summed E-state index contributed by atoms with van der Waals surface area (Å²) in [6.45, 7) is 3.19. The van der Waals surface area contributed by atoms with Gasteiger partial charge in [-0.25, -0.2) is 4.79 Å². The number of hydrogen-bond acceptors (Lipinski definition) is 6. The van der Waals surface area contributed by atoms with Gasteiger partial charge in [-0.1, -0.05) is 29.8 Å². The van der Waals surface area contributed by atoms with Gasteiger partial charge in [-0.2, -0.15) is 5.10 Å². The lowest BCUT2D eigenvalue weighted by molar-refractivity contribution is -0.147. The molecule has 0 aliphatic carbocycles. The van der Waals surface area contributed by atoms with Crippen LogP contribution in [0, 0.1) is 0 Å². The smallest absolute Gasteiger partial charge is 0.338 e. The zero-order valence-corrected chi connectivity index (χ0v) is 16.1. The highest BCUT2D eigenvalue weighted by Crippen LogP contribution is 2.33. The van der Waals surface area contributed by atoms with Gasteiger partial charge in [0.25, 0.3) is 5.78 Å². The van der Waals surface area contributed by atoms with Crippen LogP contribution in [0.15, 0.2) is 59.7 Å². The number of benzene rings is 2. The van der Waals surface area contributed by atoms with Crippen molar-refractivity contribution < 1.29 is 19.1 Å². The first-order valence-electron chi connectivity index (χ1n) is 8.60. The molecule has 1 amide bonds. The first-order valence-corrected chi connectivity index (χ1v) is 8.98. The summed E-state index contributed by atoms with van der Waals surface area (Å²) in [6, 6.07) is 15.1. The van der Waals surface area contributed by atoms with Crippen LogP contribution in [0.4, 0.5) is 11.4 Å². The van der Waals surface area contributed by atoms with Crippen LogP contribution in [0.25, 0.3) is 0 Å². The highest BCUT2D eigenvalue weighted by Gasteiger charge is 2.60. The Bertz CT molecular complexity index is 944. The zero-order chi connectivity index (χ0) is 20.3. The maximum absolute atomic E-state index is 12.8. The number of amides is 1. The molecule has 0 saturated carbocycles. The van der Waals surface area contributed by atoms with Gasteiger partial charge in [0.15, 0.2) is 11.3 Å². The number of rotatable bonds is 5. The lowest BCUT2D eigenvalue weighted by Gasteiger charge is -2.31. The molecule has 2 aromatic carbocycles. The van der Waals surface area contributed by atoms with Crippen LogP contribution in [-0.2, 0) is 19.1 Å². The molecule has 1 atom stereocenters. The molecule has 1 fully saturated rings. The minimum Gasteiger partial charge on any atom is -0.464 e. The van der Waals surface area contributed by atoms with Crippen LogP contribution in [0.2, 0.25) is 5.02 Å². The zero-order valence-electron chi connectivity index (χ0n) is 15.3. The monoisotopic (exact) mass is 399 g/mol. The van der Waals surface area contributed by atoms with E-state index in [4.69, 9.17) is 16.3 Å². The molecule has 0 unspecified atom stereocenters. The van der Waals surface area contributed by atoms with Gasteiger partial charge < -0.3 is 4.74 Å². The van der Waals surface area contributed by atoms with Crippen LogP contribution in [0.3, 0.4) is 0 Å². The van der Waals surface area contributed by atoms with Crippen LogP contribution < -0.4 is 10.3 Å². The number of halogens is 1. The Labute approximate surface area is 166 Å². The van der Waals surface area contributed by atoms with Crippen LogP contribution in [-0.4, -0.2) is 35.5 Å². The molecule has 2 aromatic rings.